The number of nitrogens with zero attached hydrogens (tertiary/aromatic N) is 3. The van der Waals surface area contributed by atoms with Crippen molar-refractivity contribution < 1.29 is 17.6 Å². The Morgan fingerprint density at radius 3 is 2.67 bits per heavy atom. The molecule has 8 heteroatoms. The lowest BCUT2D eigenvalue weighted by Gasteiger charge is -2.05. The van der Waals surface area contributed by atoms with E-state index < -0.39 is 11.7 Å². The Labute approximate surface area is 118 Å². The van der Waals surface area contributed by atoms with Crippen molar-refractivity contribution in [2.75, 3.05) is 6.54 Å². The van der Waals surface area contributed by atoms with Gasteiger partial charge in [0, 0.05) is 25.2 Å². The molecule has 1 N–H and O–H groups in total. The Balaban J connectivity index is 1.64. The van der Waals surface area contributed by atoms with Crippen LogP contribution in [0.2, 0.25) is 0 Å². The molecule has 21 heavy (non-hydrogen) atoms. The molecule has 112 valence electrons. The summed E-state index contributed by atoms with van der Waals surface area (Å²) in [4.78, 5) is 3.72. The zero-order valence-corrected chi connectivity index (χ0v) is 11.0. The van der Waals surface area contributed by atoms with Crippen LogP contribution in [0, 0.1) is 0 Å². The first-order valence-electron chi connectivity index (χ1n) is 6.62. The van der Waals surface area contributed by atoms with Crippen molar-refractivity contribution in [1.29, 1.82) is 0 Å². The summed E-state index contributed by atoms with van der Waals surface area (Å²) < 4.78 is 42.7. The van der Waals surface area contributed by atoms with Gasteiger partial charge < -0.3 is 9.73 Å². The maximum atomic E-state index is 12.4. The van der Waals surface area contributed by atoms with Crippen molar-refractivity contribution in [1.82, 2.24) is 20.5 Å². The molecule has 3 rings (SSSR count). The van der Waals surface area contributed by atoms with Gasteiger partial charge >= 0.3 is 6.18 Å². The highest BCUT2D eigenvalue weighted by molar-refractivity contribution is 5.46. The molecular weight excluding hydrogens is 285 g/mol. The number of aromatic nitrogens is 3. The Bertz CT molecular complexity index is 605. The molecule has 1 saturated carbocycles. The standard InChI is InChI=1S/C13H13F3N4O/c14-13(15,16)8-1-4-10(18-7-8)12-20-19-11(21-12)5-6-17-9-2-3-9/h1,4,7,9,17H,2-3,5-6H2. The molecule has 2 heterocycles. The van der Waals surface area contributed by atoms with Gasteiger partial charge in [0.2, 0.25) is 5.89 Å². The first-order valence-corrected chi connectivity index (χ1v) is 6.62. The van der Waals surface area contributed by atoms with Crippen LogP contribution < -0.4 is 5.32 Å². The van der Waals surface area contributed by atoms with Gasteiger partial charge in [-0.1, -0.05) is 0 Å². The number of pyridine rings is 1. The lowest BCUT2D eigenvalue weighted by Crippen LogP contribution is -2.19. The van der Waals surface area contributed by atoms with E-state index >= 15 is 0 Å². The molecule has 0 bridgehead atoms. The molecule has 0 unspecified atom stereocenters. The quantitative estimate of drug-likeness (QED) is 0.918. The van der Waals surface area contributed by atoms with E-state index in [4.69, 9.17) is 4.42 Å². The van der Waals surface area contributed by atoms with Crippen molar-refractivity contribution in [2.24, 2.45) is 0 Å². The van der Waals surface area contributed by atoms with Crippen LogP contribution in [0.25, 0.3) is 11.6 Å². The number of halogens is 3. The lowest BCUT2D eigenvalue weighted by atomic mass is 10.2. The minimum atomic E-state index is -4.40. The highest BCUT2D eigenvalue weighted by atomic mass is 19.4. The number of alkyl halides is 3. The van der Waals surface area contributed by atoms with E-state index in [0.29, 0.717) is 18.4 Å². The second kappa shape index (κ2) is 5.44. The van der Waals surface area contributed by atoms with Gasteiger partial charge in [-0.2, -0.15) is 13.2 Å². The van der Waals surface area contributed by atoms with Gasteiger partial charge in [-0.05, 0) is 25.0 Å². The molecule has 1 aliphatic carbocycles. The molecule has 0 aromatic carbocycles. The number of rotatable bonds is 5. The van der Waals surface area contributed by atoms with E-state index in [2.05, 4.69) is 20.5 Å². The fraction of sp³-hybridized carbons (Fsp3) is 0.462. The number of hydrogen-bond donors (Lipinski definition) is 1. The summed E-state index contributed by atoms with van der Waals surface area (Å²) in [6.07, 6.45) is -0.660. The van der Waals surface area contributed by atoms with Crippen LogP contribution in [0.3, 0.4) is 0 Å². The van der Waals surface area contributed by atoms with Gasteiger partial charge in [-0.25, -0.2) is 0 Å². The Hall–Kier alpha value is -1.96. The Morgan fingerprint density at radius 1 is 1.24 bits per heavy atom. The van der Waals surface area contributed by atoms with Crippen molar-refractivity contribution in [3.05, 3.63) is 29.8 Å². The Morgan fingerprint density at radius 2 is 2.05 bits per heavy atom. The topological polar surface area (TPSA) is 63.8 Å². The van der Waals surface area contributed by atoms with Gasteiger partial charge in [-0.3, -0.25) is 4.98 Å². The largest absolute Gasteiger partial charge is 0.419 e. The zero-order chi connectivity index (χ0) is 14.9. The van der Waals surface area contributed by atoms with Crippen LogP contribution in [0.1, 0.15) is 24.3 Å². The average Bonchev–Trinajstić information content (AvgIpc) is 3.14. The van der Waals surface area contributed by atoms with Gasteiger partial charge in [-0.15, -0.1) is 10.2 Å². The van der Waals surface area contributed by atoms with Gasteiger partial charge in [0.05, 0.1) is 5.56 Å². The number of nitrogens with one attached hydrogen (secondary N) is 1. The molecule has 2 aromatic heterocycles. The summed E-state index contributed by atoms with van der Waals surface area (Å²) in [7, 11) is 0. The number of hydrogen-bond acceptors (Lipinski definition) is 5. The van der Waals surface area contributed by atoms with Crippen molar-refractivity contribution in [3.63, 3.8) is 0 Å². The second-order valence-electron chi connectivity index (χ2n) is 4.91. The van der Waals surface area contributed by atoms with Crippen LogP contribution in [0.5, 0.6) is 0 Å². The van der Waals surface area contributed by atoms with Gasteiger partial charge in [0.15, 0.2) is 0 Å². The summed E-state index contributed by atoms with van der Waals surface area (Å²) in [5.74, 6) is 0.574. The third-order valence-electron chi connectivity index (χ3n) is 3.13. The predicted molar refractivity (Wildman–Crippen MR) is 67.3 cm³/mol. The molecule has 2 aromatic rings. The molecule has 0 aliphatic heterocycles. The van der Waals surface area contributed by atoms with Crippen LogP contribution in [-0.2, 0) is 12.6 Å². The van der Waals surface area contributed by atoms with Crippen molar-refractivity contribution in [3.8, 4) is 11.6 Å². The summed E-state index contributed by atoms with van der Waals surface area (Å²) in [5.41, 5.74) is -0.573. The maximum Gasteiger partial charge on any atom is 0.417 e. The van der Waals surface area contributed by atoms with E-state index in [0.717, 1.165) is 18.8 Å². The summed E-state index contributed by atoms with van der Waals surface area (Å²) >= 11 is 0. The molecule has 0 amide bonds. The smallest absolute Gasteiger partial charge is 0.417 e. The van der Waals surface area contributed by atoms with E-state index in [1.54, 1.807) is 0 Å². The fourth-order valence-electron chi connectivity index (χ4n) is 1.82. The van der Waals surface area contributed by atoms with E-state index in [9.17, 15) is 13.2 Å². The highest BCUT2D eigenvalue weighted by Crippen LogP contribution is 2.29. The Kier molecular flexibility index (Phi) is 3.62. The van der Waals surface area contributed by atoms with E-state index in [1.165, 1.54) is 18.9 Å². The predicted octanol–water partition coefficient (Wildman–Crippen LogP) is 2.44. The first kappa shape index (κ1) is 14.0. The van der Waals surface area contributed by atoms with Crippen molar-refractivity contribution >= 4 is 0 Å². The van der Waals surface area contributed by atoms with E-state index in [1.807, 2.05) is 0 Å². The van der Waals surface area contributed by atoms with Crippen LogP contribution in [-0.4, -0.2) is 27.8 Å². The maximum absolute atomic E-state index is 12.4. The monoisotopic (exact) mass is 298 g/mol. The molecule has 0 spiro atoms. The SMILES string of the molecule is FC(F)(F)c1ccc(-c2nnc(CCNC3CC3)o2)nc1. The third-order valence-corrected chi connectivity index (χ3v) is 3.13. The van der Waals surface area contributed by atoms with Gasteiger partial charge in [0.1, 0.15) is 5.69 Å². The summed E-state index contributed by atoms with van der Waals surface area (Å²) in [6.45, 7) is 0.743. The minimum Gasteiger partial charge on any atom is -0.419 e. The molecule has 1 aliphatic rings. The average molecular weight is 298 g/mol. The summed E-state index contributed by atoms with van der Waals surface area (Å²) in [6, 6.07) is 2.77. The van der Waals surface area contributed by atoms with Crippen molar-refractivity contribution in [2.45, 2.75) is 31.5 Å². The molecule has 1 fully saturated rings. The second-order valence-corrected chi connectivity index (χ2v) is 4.91. The summed E-state index contributed by atoms with van der Waals surface area (Å²) in [5, 5.41) is 11.0. The normalized spacial score (nSPS) is 15.4. The fourth-order valence-corrected chi connectivity index (χ4v) is 1.82. The molecule has 0 saturated heterocycles. The molecular formula is C13H13F3N4O. The zero-order valence-electron chi connectivity index (χ0n) is 11.0. The van der Waals surface area contributed by atoms with Crippen LogP contribution >= 0.6 is 0 Å². The molecule has 0 radical (unpaired) electrons. The van der Waals surface area contributed by atoms with Gasteiger partial charge in [0.25, 0.3) is 5.89 Å². The lowest BCUT2D eigenvalue weighted by molar-refractivity contribution is -0.137. The first-order chi connectivity index (χ1) is 10.0. The van der Waals surface area contributed by atoms with Crippen LogP contribution in [0.4, 0.5) is 13.2 Å². The molecule has 0 atom stereocenters. The van der Waals surface area contributed by atoms with E-state index in [-0.39, 0.29) is 11.6 Å². The minimum absolute atomic E-state index is 0.130. The van der Waals surface area contributed by atoms with Crippen LogP contribution in [0.15, 0.2) is 22.7 Å². The highest BCUT2D eigenvalue weighted by Gasteiger charge is 2.30. The molecule has 5 nitrogen and oxygen atoms in total. The third kappa shape index (κ3) is 3.57.